The molecule has 0 aliphatic rings. The van der Waals surface area contributed by atoms with Gasteiger partial charge in [0, 0.05) is 6.20 Å². The molecule has 0 aliphatic heterocycles. The molecule has 12 heavy (non-hydrogen) atoms. The van der Waals surface area contributed by atoms with Crippen LogP contribution in [-0.4, -0.2) is 17.1 Å². The largest absolute Gasteiger partial charge is 0.303 e. The fraction of sp³-hybridized carbons (Fsp3) is 0.125. The Bertz CT molecular complexity index is 312. The third-order valence-electron chi connectivity index (χ3n) is 1.33. The maximum Gasteiger partial charge on any atom is 0.173 e. The Labute approximate surface area is 74.4 Å². The molecule has 0 spiro atoms. The van der Waals surface area contributed by atoms with Gasteiger partial charge in [-0.25, -0.2) is 4.98 Å². The molecule has 0 aliphatic carbocycles. The average molecular weight is 184 g/mol. The van der Waals surface area contributed by atoms with Crippen LogP contribution >= 0.6 is 11.6 Å². The molecular formula is C8H6ClNO2. The Morgan fingerprint density at radius 1 is 1.67 bits per heavy atom. The van der Waals surface area contributed by atoms with Crippen LogP contribution in [0.5, 0.6) is 0 Å². The van der Waals surface area contributed by atoms with E-state index in [1.165, 1.54) is 6.20 Å². The summed E-state index contributed by atoms with van der Waals surface area (Å²) in [6.07, 6.45) is 1.89. The van der Waals surface area contributed by atoms with Gasteiger partial charge in [-0.1, -0.05) is 11.6 Å². The second-order valence-electron chi connectivity index (χ2n) is 2.14. The first-order valence-corrected chi connectivity index (χ1v) is 3.71. The third-order valence-corrected chi connectivity index (χ3v) is 1.63. The van der Waals surface area contributed by atoms with Gasteiger partial charge in [-0.15, -0.1) is 0 Å². The number of Topliss-reactive ketones (excluding diaryl/α,β-unsaturated/α-hetero) is 1. The Morgan fingerprint density at radius 3 is 3.00 bits per heavy atom. The quantitative estimate of drug-likeness (QED) is 0.309. The molecule has 0 fully saturated rings. The number of carbonyl (C=O) groups is 2. The molecule has 1 rings (SSSR count). The summed E-state index contributed by atoms with van der Waals surface area (Å²) in [6.45, 7) is 0. The highest BCUT2D eigenvalue weighted by Gasteiger charge is 2.08. The van der Waals surface area contributed by atoms with Gasteiger partial charge in [0.2, 0.25) is 0 Å². The topological polar surface area (TPSA) is 47.0 Å². The Kier molecular flexibility index (Phi) is 2.94. The number of carbonyl (C=O) groups excluding carboxylic acids is 2. The van der Waals surface area contributed by atoms with Gasteiger partial charge in [-0.2, -0.15) is 0 Å². The number of halogens is 1. The van der Waals surface area contributed by atoms with Crippen LogP contribution < -0.4 is 0 Å². The molecule has 0 unspecified atom stereocenters. The number of aromatic nitrogens is 1. The van der Waals surface area contributed by atoms with Crippen molar-refractivity contribution in [2.24, 2.45) is 0 Å². The van der Waals surface area contributed by atoms with E-state index in [1.54, 1.807) is 12.1 Å². The predicted octanol–water partition coefficient (Wildman–Crippen LogP) is 1.51. The van der Waals surface area contributed by atoms with Crippen LogP contribution in [0.3, 0.4) is 0 Å². The van der Waals surface area contributed by atoms with Crippen molar-refractivity contribution in [3.8, 4) is 0 Å². The molecule has 1 aromatic rings. The minimum absolute atomic E-state index is 0.143. The first-order chi connectivity index (χ1) is 5.75. The number of pyridine rings is 1. The number of aldehydes is 1. The normalized spacial score (nSPS) is 9.42. The summed E-state index contributed by atoms with van der Waals surface area (Å²) in [5.41, 5.74) is 0.297. The zero-order valence-electron chi connectivity index (χ0n) is 6.16. The average Bonchev–Trinajstić information content (AvgIpc) is 2.05. The Balaban J connectivity index is 2.94. The molecule has 0 N–H and O–H groups in total. The molecule has 0 saturated heterocycles. The SMILES string of the molecule is O=CCC(=O)c1cccnc1Cl. The molecule has 0 aromatic carbocycles. The van der Waals surface area contributed by atoms with Crippen LogP contribution in [0.15, 0.2) is 18.3 Å². The maximum atomic E-state index is 11.1. The van der Waals surface area contributed by atoms with Crippen molar-refractivity contribution in [3.63, 3.8) is 0 Å². The highest BCUT2D eigenvalue weighted by atomic mass is 35.5. The molecule has 0 atom stereocenters. The smallest absolute Gasteiger partial charge is 0.173 e. The van der Waals surface area contributed by atoms with Gasteiger partial charge < -0.3 is 4.79 Å². The molecule has 0 radical (unpaired) electrons. The highest BCUT2D eigenvalue weighted by Crippen LogP contribution is 2.12. The lowest BCUT2D eigenvalue weighted by atomic mass is 10.1. The molecule has 4 heteroatoms. The van der Waals surface area contributed by atoms with Gasteiger partial charge in [0.25, 0.3) is 0 Å². The molecule has 1 aromatic heterocycles. The number of hydrogen-bond acceptors (Lipinski definition) is 3. The monoisotopic (exact) mass is 183 g/mol. The van der Waals surface area contributed by atoms with Crippen LogP contribution in [0.25, 0.3) is 0 Å². The van der Waals surface area contributed by atoms with Crippen molar-refractivity contribution in [1.29, 1.82) is 0 Å². The van der Waals surface area contributed by atoms with E-state index in [9.17, 15) is 9.59 Å². The first-order valence-electron chi connectivity index (χ1n) is 3.33. The molecule has 0 saturated carbocycles. The van der Waals surface area contributed by atoms with Crippen LogP contribution in [0, 0.1) is 0 Å². The molecule has 1 heterocycles. The summed E-state index contributed by atoms with van der Waals surface area (Å²) in [4.78, 5) is 24.8. The van der Waals surface area contributed by atoms with Crippen molar-refractivity contribution in [3.05, 3.63) is 29.0 Å². The van der Waals surface area contributed by atoms with Crippen LogP contribution in [0.2, 0.25) is 5.15 Å². The van der Waals surface area contributed by atoms with Gasteiger partial charge in [0.15, 0.2) is 5.78 Å². The van der Waals surface area contributed by atoms with Crippen molar-refractivity contribution >= 4 is 23.7 Å². The van der Waals surface area contributed by atoms with Crippen molar-refractivity contribution < 1.29 is 9.59 Å². The lowest BCUT2D eigenvalue weighted by Gasteiger charge is -1.97. The lowest BCUT2D eigenvalue weighted by Crippen LogP contribution is -2.00. The molecule has 62 valence electrons. The lowest BCUT2D eigenvalue weighted by molar-refractivity contribution is -0.107. The number of ketones is 1. The fourth-order valence-corrected chi connectivity index (χ4v) is 1.00. The minimum atomic E-state index is -0.303. The van der Waals surface area contributed by atoms with Gasteiger partial charge >= 0.3 is 0 Å². The van der Waals surface area contributed by atoms with Crippen molar-refractivity contribution in [1.82, 2.24) is 4.98 Å². The van der Waals surface area contributed by atoms with Gasteiger partial charge in [-0.05, 0) is 12.1 Å². The van der Waals surface area contributed by atoms with Crippen LogP contribution in [0.1, 0.15) is 16.8 Å². The predicted molar refractivity (Wildman–Crippen MR) is 44.3 cm³/mol. The summed E-state index contributed by atoms with van der Waals surface area (Å²) in [7, 11) is 0. The van der Waals surface area contributed by atoms with Gasteiger partial charge in [0.1, 0.15) is 11.4 Å². The van der Waals surface area contributed by atoms with Crippen molar-refractivity contribution in [2.75, 3.05) is 0 Å². The summed E-state index contributed by atoms with van der Waals surface area (Å²) in [5, 5.41) is 0.143. The van der Waals surface area contributed by atoms with Crippen LogP contribution in [0.4, 0.5) is 0 Å². The van der Waals surface area contributed by atoms with E-state index in [4.69, 9.17) is 11.6 Å². The van der Waals surface area contributed by atoms with E-state index in [0.29, 0.717) is 11.8 Å². The third kappa shape index (κ3) is 1.89. The highest BCUT2D eigenvalue weighted by molar-refractivity contribution is 6.33. The van der Waals surface area contributed by atoms with E-state index < -0.39 is 0 Å². The molecular weight excluding hydrogens is 178 g/mol. The zero-order valence-corrected chi connectivity index (χ0v) is 6.91. The summed E-state index contributed by atoms with van der Waals surface area (Å²) < 4.78 is 0. The molecule has 0 amide bonds. The second-order valence-corrected chi connectivity index (χ2v) is 2.49. The second kappa shape index (κ2) is 3.97. The standard InChI is InChI=1S/C8H6ClNO2/c9-8-6(2-1-4-10-8)7(12)3-5-11/h1-2,4-5H,3H2. The van der Waals surface area contributed by atoms with Gasteiger partial charge in [0.05, 0.1) is 12.0 Å². The summed E-state index contributed by atoms with van der Waals surface area (Å²) >= 11 is 5.61. The van der Waals surface area contributed by atoms with Crippen molar-refractivity contribution in [2.45, 2.75) is 6.42 Å². The number of rotatable bonds is 3. The summed E-state index contributed by atoms with van der Waals surface area (Å²) in [6, 6.07) is 3.14. The molecule has 0 bridgehead atoms. The first kappa shape index (κ1) is 8.87. The van der Waals surface area contributed by atoms with Crippen LogP contribution in [-0.2, 0) is 4.79 Å². The van der Waals surface area contributed by atoms with Gasteiger partial charge in [-0.3, -0.25) is 4.79 Å². The Hall–Kier alpha value is -1.22. The Morgan fingerprint density at radius 2 is 2.42 bits per heavy atom. The minimum Gasteiger partial charge on any atom is -0.303 e. The molecule has 3 nitrogen and oxygen atoms in total. The van der Waals surface area contributed by atoms with E-state index in [1.807, 2.05) is 0 Å². The van der Waals surface area contributed by atoms with E-state index >= 15 is 0 Å². The fourth-order valence-electron chi connectivity index (χ4n) is 0.780. The van der Waals surface area contributed by atoms with E-state index in [-0.39, 0.29) is 17.4 Å². The number of hydrogen-bond donors (Lipinski definition) is 0. The van der Waals surface area contributed by atoms with E-state index in [2.05, 4.69) is 4.98 Å². The van der Waals surface area contributed by atoms with E-state index in [0.717, 1.165) is 0 Å². The zero-order chi connectivity index (χ0) is 8.97. The summed E-state index contributed by atoms with van der Waals surface area (Å²) in [5.74, 6) is -0.303. The number of nitrogens with zero attached hydrogens (tertiary/aromatic N) is 1. The maximum absolute atomic E-state index is 11.1.